The summed E-state index contributed by atoms with van der Waals surface area (Å²) in [6, 6.07) is 6.00. The number of H-pyrrole nitrogens is 1. The third kappa shape index (κ3) is 6.12. The van der Waals surface area contributed by atoms with E-state index in [0.29, 0.717) is 30.1 Å². The zero-order chi connectivity index (χ0) is 24.1. The first-order chi connectivity index (χ1) is 14.9. The summed E-state index contributed by atoms with van der Waals surface area (Å²) in [5.41, 5.74) is -1.53. The summed E-state index contributed by atoms with van der Waals surface area (Å²) in [6.07, 6.45) is 1.41. The number of rotatable bonds is 3. The highest BCUT2D eigenvalue weighted by Crippen LogP contribution is 2.25. The Bertz CT molecular complexity index is 1050. The van der Waals surface area contributed by atoms with Crippen molar-refractivity contribution in [1.29, 1.82) is 0 Å². The summed E-state index contributed by atoms with van der Waals surface area (Å²) in [5.74, 6) is -3.79. The zero-order valence-electron chi connectivity index (χ0n) is 18.5. The molecule has 0 bridgehead atoms. The number of amides is 1. The molecule has 174 valence electrons. The van der Waals surface area contributed by atoms with Gasteiger partial charge in [-0.3, -0.25) is 9.69 Å². The van der Waals surface area contributed by atoms with Crippen LogP contribution in [0, 0.1) is 0 Å². The van der Waals surface area contributed by atoms with Gasteiger partial charge in [-0.15, -0.1) is 0 Å². The third-order valence-corrected chi connectivity index (χ3v) is 4.53. The van der Waals surface area contributed by atoms with Gasteiger partial charge in [-0.25, -0.2) is 14.6 Å². The molecule has 0 radical (unpaired) electrons. The van der Waals surface area contributed by atoms with Crippen molar-refractivity contribution in [3.05, 3.63) is 53.0 Å². The molecule has 1 saturated heterocycles. The molecule has 0 spiro atoms. The topological polar surface area (TPSA) is 102 Å². The lowest BCUT2D eigenvalue weighted by Crippen LogP contribution is -2.43. The van der Waals surface area contributed by atoms with Crippen LogP contribution in [-0.4, -0.2) is 52.2 Å². The van der Waals surface area contributed by atoms with E-state index in [1.807, 2.05) is 0 Å². The Morgan fingerprint density at radius 2 is 1.94 bits per heavy atom. The number of alkyl halides is 2. The number of allylic oxidation sites excluding steroid dienone is 1. The van der Waals surface area contributed by atoms with Crippen LogP contribution in [0.4, 0.5) is 13.6 Å². The average molecular weight is 451 g/mol. The Balaban J connectivity index is 0.000000227. The SMILES string of the molecule is C=CC(F)(F)c1nc2ccccc2[nH]c1=O.COC(=O)C1CCCN1C(=O)OC(C)(C)C. The minimum atomic E-state index is -3.42. The van der Waals surface area contributed by atoms with E-state index in [4.69, 9.17) is 4.74 Å². The van der Waals surface area contributed by atoms with Gasteiger partial charge in [0.1, 0.15) is 11.6 Å². The summed E-state index contributed by atoms with van der Waals surface area (Å²) < 4.78 is 36.4. The first kappa shape index (κ1) is 25.0. The van der Waals surface area contributed by atoms with Crippen LogP contribution in [0.3, 0.4) is 0 Å². The molecule has 1 aromatic heterocycles. The molecule has 10 heteroatoms. The van der Waals surface area contributed by atoms with E-state index in [9.17, 15) is 23.2 Å². The third-order valence-electron chi connectivity index (χ3n) is 4.53. The molecular formula is C22H27F2N3O5. The Labute approximate surface area is 184 Å². The summed E-state index contributed by atoms with van der Waals surface area (Å²) >= 11 is 0. The van der Waals surface area contributed by atoms with Crippen LogP contribution < -0.4 is 5.56 Å². The fourth-order valence-electron chi connectivity index (χ4n) is 3.04. The molecule has 8 nitrogen and oxygen atoms in total. The minimum absolute atomic E-state index is 0.318. The molecular weight excluding hydrogens is 424 g/mol. The highest BCUT2D eigenvalue weighted by molar-refractivity contribution is 5.82. The Morgan fingerprint density at radius 1 is 1.28 bits per heavy atom. The second-order valence-electron chi connectivity index (χ2n) is 8.11. The first-order valence-corrected chi connectivity index (χ1v) is 9.98. The van der Waals surface area contributed by atoms with Gasteiger partial charge in [0.25, 0.3) is 5.56 Å². The van der Waals surface area contributed by atoms with E-state index < -0.39 is 34.9 Å². The lowest BCUT2D eigenvalue weighted by Gasteiger charge is -2.27. The van der Waals surface area contributed by atoms with E-state index >= 15 is 0 Å². The molecule has 0 aliphatic carbocycles. The van der Waals surface area contributed by atoms with Gasteiger partial charge >= 0.3 is 18.0 Å². The van der Waals surface area contributed by atoms with Crippen LogP contribution >= 0.6 is 0 Å². The summed E-state index contributed by atoms with van der Waals surface area (Å²) in [5, 5.41) is 0. The van der Waals surface area contributed by atoms with E-state index in [1.54, 1.807) is 45.0 Å². The van der Waals surface area contributed by atoms with Crippen LogP contribution in [0.2, 0.25) is 0 Å². The number of hydrogen-bond acceptors (Lipinski definition) is 6. The molecule has 1 fully saturated rings. The van der Waals surface area contributed by atoms with Gasteiger partial charge in [0.15, 0.2) is 5.69 Å². The fraction of sp³-hybridized carbons (Fsp3) is 0.455. The number of aromatic amines is 1. The highest BCUT2D eigenvalue weighted by atomic mass is 19.3. The number of hydrogen-bond donors (Lipinski definition) is 1. The van der Waals surface area contributed by atoms with E-state index in [2.05, 4.69) is 21.3 Å². The largest absolute Gasteiger partial charge is 0.467 e. The number of benzene rings is 1. The summed E-state index contributed by atoms with van der Waals surface area (Å²) in [4.78, 5) is 42.1. The molecule has 32 heavy (non-hydrogen) atoms. The van der Waals surface area contributed by atoms with Crippen molar-refractivity contribution < 1.29 is 27.8 Å². The molecule has 3 rings (SSSR count). The van der Waals surface area contributed by atoms with Gasteiger partial charge < -0.3 is 14.5 Å². The summed E-state index contributed by atoms with van der Waals surface area (Å²) in [7, 11) is 1.33. The number of carbonyl (C=O) groups excluding carboxylic acids is 2. The van der Waals surface area contributed by atoms with Crippen molar-refractivity contribution >= 4 is 23.1 Å². The lowest BCUT2D eigenvalue weighted by atomic mass is 10.2. The Hall–Kier alpha value is -3.30. The molecule has 1 unspecified atom stereocenters. The molecule has 0 saturated carbocycles. The Morgan fingerprint density at radius 3 is 2.53 bits per heavy atom. The number of ether oxygens (including phenoxy) is 2. The number of nitrogens with zero attached hydrogens (tertiary/aromatic N) is 2. The van der Waals surface area contributed by atoms with E-state index in [1.165, 1.54) is 12.0 Å². The second-order valence-corrected chi connectivity index (χ2v) is 8.11. The number of fused-ring (bicyclic) bond motifs is 1. The molecule has 1 N–H and O–H groups in total. The van der Waals surface area contributed by atoms with Crippen LogP contribution in [-0.2, 0) is 20.2 Å². The first-order valence-electron chi connectivity index (χ1n) is 9.98. The number of para-hydroxylation sites is 2. The van der Waals surface area contributed by atoms with E-state index in [0.717, 1.165) is 6.42 Å². The zero-order valence-corrected chi connectivity index (χ0v) is 18.5. The number of likely N-dealkylation sites (tertiary alicyclic amines) is 1. The van der Waals surface area contributed by atoms with Crippen molar-refractivity contribution in [2.75, 3.05) is 13.7 Å². The van der Waals surface area contributed by atoms with Crippen LogP contribution in [0.1, 0.15) is 39.3 Å². The van der Waals surface area contributed by atoms with Crippen molar-refractivity contribution in [2.45, 2.75) is 51.2 Å². The van der Waals surface area contributed by atoms with E-state index in [-0.39, 0.29) is 5.97 Å². The molecule has 1 aromatic carbocycles. The molecule has 1 atom stereocenters. The minimum Gasteiger partial charge on any atom is -0.467 e. The van der Waals surface area contributed by atoms with Crippen molar-refractivity contribution in [1.82, 2.24) is 14.9 Å². The number of methoxy groups -OCH3 is 1. The standard InChI is InChI=1S/C11H8F2N2O.C11H19NO4/c1-2-11(12,13)9-10(16)15-8-6-4-3-5-7(8)14-9;1-11(2,3)16-10(14)12-7-5-6-8(12)9(13)15-4/h2-6H,1H2,(H,15,16);8H,5-7H2,1-4H3. The quantitative estimate of drug-likeness (QED) is 0.563. The second kappa shape index (κ2) is 9.88. The fourth-order valence-corrected chi connectivity index (χ4v) is 3.04. The van der Waals surface area contributed by atoms with Crippen LogP contribution in [0.25, 0.3) is 11.0 Å². The maximum atomic E-state index is 13.3. The average Bonchev–Trinajstić information content (AvgIpc) is 3.22. The normalized spacial score (nSPS) is 16.2. The van der Waals surface area contributed by atoms with Gasteiger partial charge in [0.05, 0.1) is 18.1 Å². The monoisotopic (exact) mass is 451 g/mol. The number of halogens is 2. The number of carbonyl (C=O) groups is 2. The van der Waals surface area contributed by atoms with Crippen LogP contribution in [0.5, 0.6) is 0 Å². The number of esters is 1. The lowest BCUT2D eigenvalue weighted by molar-refractivity contribution is -0.145. The van der Waals surface area contributed by atoms with Gasteiger partial charge in [-0.05, 0) is 51.8 Å². The predicted molar refractivity (Wildman–Crippen MR) is 114 cm³/mol. The van der Waals surface area contributed by atoms with Crippen molar-refractivity contribution in [3.63, 3.8) is 0 Å². The van der Waals surface area contributed by atoms with Crippen molar-refractivity contribution in [2.24, 2.45) is 0 Å². The maximum Gasteiger partial charge on any atom is 0.411 e. The molecule has 1 aliphatic heterocycles. The van der Waals surface area contributed by atoms with Gasteiger partial charge in [0.2, 0.25) is 0 Å². The highest BCUT2D eigenvalue weighted by Gasteiger charge is 2.37. The smallest absolute Gasteiger partial charge is 0.411 e. The maximum absolute atomic E-state index is 13.3. The number of aromatic nitrogens is 2. The van der Waals surface area contributed by atoms with Gasteiger partial charge in [0, 0.05) is 6.54 Å². The molecule has 1 aliphatic rings. The molecule has 2 heterocycles. The number of nitrogens with one attached hydrogen (secondary N) is 1. The van der Waals surface area contributed by atoms with Crippen molar-refractivity contribution in [3.8, 4) is 0 Å². The Kier molecular flexibility index (Phi) is 7.71. The molecule has 1 amide bonds. The van der Waals surface area contributed by atoms with Gasteiger partial charge in [-0.1, -0.05) is 18.7 Å². The summed E-state index contributed by atoms with van der Waals surface area (Å²) in [6.45, 7) is 8.94. The van der Waals surface area contributed by atoms with Gasteiger partial charge in [-0.2, -0.15) is 8.78 Å². The van der Waals surface area contributed by atoms with Crippen LogP contribution in [0.15, 0.2) is 41.7 Å². The molecule has 2 aromatic rings. The predicted octanol–water partition coefficient (Wildman–Crippen LogP) is 3.76.